The molecule has 0 radical (unpaired) electrons. The number of methoxy groups -OCH3 is 1. The molecular formula is C27H30ClFN4O4. The fourth-order valence-electron chi connectivity index (χ4n) is 4.75. The quantitative estimate of drug-likeness (QED) is 0.440. The number of nitrogens with one attached hydrogen (secondary N) is 2. The van der Waals surface area contributed by atoms with Crippen LogP contribution in [0.2, 0.25) is 5.02 Å². The van der Waals surface area contributed by atoms with Gasteiger partial charge in [-0.1, -0.05) is 23.7 Å². The monoisotopic (exact) mass is 528 g/mol. The van der Waals surface area contributed by atoms with Crippen molar-refractivity contribution in [1.29, 1.82) is 0 Å². The maximum absolute atomic E-state index is 13.5. The number of benzene rings is 2. The largest absolute Gasteiger partial charge is 0.495 e. The zero-order valence-electron chi connectivity index (χ0n) is 21.2. The summed E-state index contributed by atoms with van der Waals surface area (Å²) in [4.78, 5) is 41.9. The molecule has 196 valence electrons. The Balaban J connectivity index is 1.65. The number of hydrogen-bond acceptors (Lipinski definition) is 5. The summed E-state index contributed by atoms with van der Waals surface area (Å²) in [6.45, 7) is 6.91. The first-order valence-corrected chi connectivity index (χ1v) is 12.3. The highest BCUT2D eigenvalue weighted by molar-refractivity contribution is 6.33. The van der Waals surface area contributed by atoms with E-state index in [1.807, 2.05) is 6.92 Å². The van der Waals surface area contributed by atoms with Crippen LogP contribution < -0.4 is 20.3 Å². The molecule has 0 bridgehead atoms. The van der Waals surface area contributed by atoms with Crippen molar-refractivity contribution in [2.45, 2.75) is 38.3 Å². The van der Waals surface area contributed by atoms with Gasteiger partial charge >= 0.3 is 6.03 Å². The molecule has 2 fully saturated rings. The first kappa shape index (κ1) is 26.6. The summed E-state index contributed by atoms with van der Waals surface area (Å²) < 4.78 is 18.7. The number of hydrogen-bond donors (Lipinski definition) is 2. The molecule has 4 amide bonds. The average molecular weight is 529 g/mol. The lowest BCUT2D eigenvalue weighted by Gasteiger charge is -2.45. The summed E-state index contributed by atoms with van der Waals surface area (Å²) in [6.07, 6.45) is 3.52. The Bertz CT molecular complexity index is 1260. The molecule has 10 heteroatoms. The number of ether oxygens (including phenoxy) is 1. The number of anilines is 1. The third kappa shape index (κ3) is 5.33. The van der Waals surface area contributed by atoms with Crippen LogP contribution >= 0.6 is 11.6 Å². The second-order valence-electron chi connectivity index (χ2n) is 10.0. The fourth-order valence-corrected chi connectivity index (χ4v) is 4.99. The van der Waals surface area contributed by atoms with E-state index in [9.17, 15) is 18.8 Å². The minimum absolute atomic E-state index is 0.222. The summed E-state index contributed by atoms with van der Waals surface area (Å²) in [5, 5.41) is 6.22. The Labute approximate surface area is 220 Å². The second kappa shape index (κ2) is 10.1. The normalized spacial score (nSPS) is 21.5. The molecule has 2 aliphatic heterocycles. The lowest BCUT2D eigenvalue weighted by atomic mass is 9.89. The molecule has 4 rings (SSSR count). The average Bonchev–Trinajstić information content (AvgIpc) is 3.05. The summed E-state index contributed by atoms with van der Waals surface area (Å²) in [5.74, 6) is -0.640. The van der Waals surface area contributed by atoms with E-state index in [-0.39, 0.29) is 22.4 Å². The van der Waals surface area contributed by atoms with Crippen LogP contribution in [-0.2, 0) is 16.0 Å². The number of imide groups is 1. The van der Waals surface area contributed by atoms with Crippen LogP contribution in [0.25, 0.3) is 6.08 Å². The number of carbonyl (C=O) groups excluding carboxylic acids is 3. The molecule has 2 aromatic carbocycles. The van der Waals surface area contributed by atoms with Crippen LogP contribution in [0, 0.1) is 5.82 Å². The van der Waals surface area contributed by atoms with Crippen molar-refractivity contribution in [2.24, 2.45) is 0 Å². The van der Waals surface area contributed by atoms with E-state index in [0.717, 1.165) is 10.5 Å². The highest BCUT2D eigenvalue weighted by atomic mass is 35.5. The molecule has 2 saturated heterocycles. The highest BCUT2D eigenvalue weighted by Gasteiger charge is 2.46. The van der Waals surface area contributed by atoms with Crippen LogP contribution in [0.4, 0.5) is 14.9 Å². The number of carbonyl (C=O) groups is 3. The lowest BCUT2D eigenvalue weighted by Crippen LogP contribution is -2.62. The third-order valence-corrected chi connectivity index (χ3v) is 7.04. The molecule has 2 aromatic rings. The number of urea groups is 1. The van der Waals surface area contributed by atoms with E-state index in [1.165, 1.54) is 31.4 Å². The van der Waals surface area contributed by atoms with Crippen LogP contribution in [-0.4, -0.2) is 60.6 Å². The van der Waals surface area contributed by atoms with Gasteiger partial charge in [-0.3, -0.25) is 9.59 Å². The molecule has 1 atom stereocenters. The van der Waals surface area contributed by atoms with Gasteiger partial charge in [-0.25, -0.2) is 14.1 Å². The maximum Gasteiger partial charge on any atom is 0.329 e. The molecule has 2 N–H and O–H groups in total. The Hall–Kier alpha value is -3.43. The Morgan fingerprint density at radius 1 is 1.19 bits per heavy atom. The summed E-state index contributed by atoms with van der Waals surface area (Å²) in [6, 6.07) is 8.75. The first-order valence-electron chi connectivity index (χ1n) is 11.9. The van der Waals surface area contributed by atoms with E-state index in [0.29, 0.717) is 37.4 Å². The first-order chi connectivity index (χ1) is 17.4. The molecule has 37 heavy (non-hydrogen) atoms. The zero-order valence-corrected chi connectivity index (χ0v) is 22.0. The van der Waals surface area contributed by atoms with Gasteiger partial charge in [0.1, 0.15) is 17.1 Å². The van der Waals surface area contributed by atoms with E-state index in [1.54, 1.807) is 43.0 Å². The number of piperazine rings is 1. The van der Waals surface area contributed by atoms with E-state index >= 15 is 0 Å². The van der Waals surface area contributed by atoms with Gasteiger partial charge in [0.15, 0.2) is 0 Å². The Morgan fingerprint density at radius 2 is 1.89 bits per heavy atom. The molecule has 8 nitrogen and oxygen atoms in total. The minimum atomic E-state index is -1.08. The van der Waals surface area contributed by atoms with Crippen LogP contribution in [0.15, 0.2) is 42.5 Å². The van der Waals surface area contributed by atoms with Crippen molar-refractivity contribution in [3.8, 4) is 5.75 Å². The van der Waals surface area contributed by atoms with Gasteiger partial charge in [0.2, 0.25) is 5.91 Å². The molecule has 2 aliphatic rings. The Kier molecular flexibility index (Phi) is 7.30. The Morgan fingerprint density at radius 3 is 2.51 bits per heavy atom. The second-order valence-corrected chi connectivity index (χ2v) is 10.4. The zero-order chi connectivity index (χ0) is 27.0. The molecule has 0 unspecified atom stereocenters. The van der Waals surface area contributed by atoms with E-state index < -0.39 is 23.0 Å². The minimum Gasteiger partial charge on any atom is -0.495 e. The van der Waals surface area contributed by atoms with Crippen molar-refractivity contribution in [3.63, 3.8) is 0 Å². The standard InChI is InChI=1S/C27H30ClFN4O4/c1-26(2)24(35)33(25(36)31-26)21-14-20(28)22(37-4)13-18(21)7-10-23(34)32-12-11-30-16-27(32,3)15-17-5-8-19(29)9-6-17/h5-10,13-14,30H,11-12,15-16H2,1-4H3,(H,31,36)/b10-7+/t27-/m1/s1. The van der Waals surface area contributed by atoms with Gasteiger partial charge in [-0.05, 0) is 63.1 Å². The van der Waals surface area contributed by atoms with Gasteiger partial charge in [-0.2, -0.15) is 0 Å². The summed E-state index contributed by atoms with van der Waals surface area (Å²) >= 11 is 6.33. The number of nitrogens with zero attached hydrogens (tertiary/aromatic N) is 2. The third-order valence-electron chi connectivity index (χ3n) is 6.74. The fraction of sp³-hybridized carbons (Fsp3) is 0.370. The number of amides is 4. The van der Waals surface area contributed by atoms with Crippen LogP contribution in [0.1, 0.15) is 31.9 Å². The highest BCUT2D eigenvalue weighted by Crippen LogP contribution is 2.36. The van der Waals surface area contributed by atoms with Gasteiger partial charge < -0.3 is 20.3 Å². The smallest absolute Gasteiger partial charge is 0.329 e. The summed E-state index contributed by atoms with van der Waals surface area (Å²) in [5.41, 5.74) is -0.0420. The van der Waals surface area contributed by atoms with E-state index in [4.69, 9.17) is 16.3 Å². The van der Waals surface area contributed by atoms with Crippen molar-refractivity contribution < 1.29 is 23.5 Å². The van der Waals surface area contributed by atoms with Crippen LogP contribution in [0.3, 0.4) is 0 Å². The van der Waals surface area contributed by atoms with Gasteiger partial charge in [0.05, 0.1) is 23.4 Å². The molecule has 0 saturated carbocycles. The SMILES string of the molecule is COc1cc(/C=C/C(=O)N2CCNC[C@@]2(C)Cc2ccc(F)cc2)c(N2C(=O)NC(C)(C)C2=O)cc1Cl. The van der Waals surface area contributed by atoms with E-state index in [2.05, 4.69) is 10.6 Å². The predicted molar refractivity (Wildman–Crippen MR) is 140 cm³/mol. The molecule has 0 aliphatic carbocycles. The maximum atomic E-state index is 13.5. The summed E-state index contributed by atoms with van der Waals surface area (Å²) in [7, 11) is 1.46. The van der Waals surface area contributed by atoms with Crippen molar-refractivity contribution in [2.75, 3.05) is 31.6 Å². The number of halogens is 2. The number of rotatable bonds is 6. The topological polar surface area (TPSA) is 91.0 Å². The molecular weight excluding hydrogens is 499 g/mol. The van der Waals surface area contributed by atoms with Gasteiger partial charge in [0, 0.05) is 31.3 Å². The van der Waals surface area contributed by atoms with Gasteiger partial charge in [0.25, 0.3) is 5.91 Å². The molecule has 0 spiro atoms. The lowest BCUT2D eigenvalue weighted by molar-refractivity contribution is -0.132. The van der Waals surface area contributed by atoms with Gasteiger partial charge in [-0.15, -0.1) is 0 Å². The van der Waals surface area contributed by atoms with Crippen molar-refractivity contribution in [1.82, 2.24) is 15.5 Å². The predicted octanol–water partition coefficient (Wildman–Crippen LogP) is 3.77. The molecule has 2 heterocycles. The van der Waals surface area contributed by atoms with Crippen LogP contribution in [0.5, 0.6) is 5.75 Å². The van der Waals surface area contributed by atoms with Crippen molar-refractivity contribution in [3.05, 3.63) is 64.4 Å². The van der Waals surface area contributed by atoms with Crippen molar-refractivity contribution >= 4 is 41.2 Å². The molecule has 0 aromatic heterocycles.